The molecule has 0 spiro atoms. The number of aliphatic hydroxyl groups excluding tert-OH is 1. The van der Waals surface area contributed by atoms with E-state index in [0.29, 0.717) is 12.8 Å². The lowest BCUT2D eigenvalue weighted by Gasteiger charge is -2.12. The highest BCUT2D eigenvalue weighted by Crippen LogP contribution is 2.16. The average Bonchev–Trinajstić information content (AvgIpc) is 2.95. The Hall–Kier alpha value is -1.10. The SMILES string of the molecule is CCCCCCCCCCCCCCCCCCC(=O)OC[C@@H](O)COC(=O)CCCCCCCCC(C)CC. The number of carbonyl (C=O) groups is 2. The Morgan fingerprint density at radius 1 is 0.525 bits per heavy atom. The molecule has 0 rings (SSSR count). The van der Waals surface area contributed by atoms with Crippen LogP contribution in [0.1, 0.15) is 188 Å². The zero-order valence-corrected chi connectivity index (χ0v) is 27.0. The minimum absolute atomic E-state index is 0.110. The summed E-state index contributed by atoms with van der Waals surface area (Å²) < 4.78 is 10.3. The normalized spacial score (nSPS) is 12.8. The summed E-state index contributed by atoms with van der Waals surface area (Å²) >= 11 is 0. The molecule has 0 aromatic heterocycles. The van der Waals surface area contributed by atoms with Crippen LogP contribution in [0.3, 0.4) is 0 Å². The second-order valence-electron chi connectivity index (χ2n) is 12.2. The molecule has 0 bridgehead atoms. The van der Waals surface area contributed by atoms with Crippen molar-refractivity contribution < 1.29 is 24.2 Å². The van der Waals surface area contributed by atoms with Crippen LogP contribution in [-0.4, -0.2) is 36.4 Å². The van der Waals surface area contributed by atoms with Crippen LogP contribution in [0.2, 0.25) is 0 Å². The highest BCUT2D eigenvalue weighted by Gasteiger charge is 2.12. The van der Waals surface area contributed by atoms with E-state index in [1.807, 2.05) is 0 Å². The highest BCUT2D eigenvalue weighted by atomic mass is 16.6. The van der Waals surface area contributed by atoms with Crippen LogP contribution in [0.15, 0.2) is 0 Å². The quantitative estimate of drug-likeness (QED) is 0.0665. The zero-order chi connectivity index (χ0) is 29.5. The van der Waals surface area contributed by atoms with Gasteiger partial charge in [0.25, 0.3) is 0 Å². The van der Waals surface area contributed by atoms with Crippen molar-refractivity contribution >= 4 is 11.9 Å². The molecular weight excluding hydrogens is 500 g/mol. The molecule has 5 nitrogen and oxygen atoms in total. The number of ether oxygens (including phenoxy) is 2. The van der Waals surface area contributed by atoms with Crippen LogP contribution in [-0.2, 0) is 19.1 Å². The monoisotopic (exact) mass is 569 g/mol. The molecule has 0 fully saturated rings. The minimum atomic E-state index is -0.954. The Morgan fingerprint density at radius 3 is 1.20 bits per heavy atom. The van der Waals surface area contributed by atoms with E-state index in [9.17, 15) is 14.7 Å². The fourth-order valence-corrected chi connectivity index (χ4v) is 5.06. The Balaban J connectivity index is 3.40. The number of esters is 2. The number of hydrogen-bond donors (Lipinski definition) is 1. The van der Waals surface area contributed by atoms with Crippen molar-refractivity contribution in [2.75, 3.05) is 13.2 Å². The minimum Gasteiger partial charge on any atom is -0.463 e. The van der Waals surface area contributed by atoms with Gasteiger partial charge in [0.1, 0.15) is 19.3 Å². The first kappa shape index (κ1) is 38.9. The Morgan fingerprint density at radius 2 is 0.850 bits per heavy atom. The van der Waals surface area contributed by atoms with Gasteiger partial charge in [-0.05, 0) is 18.8 Å². The number of aliphatic hydroxyl groups is 1. The summed E-state index contributed by atoms with van der Waals surface area (Å²) in [6, 6.07) is 0. The summed E-state index contributed by atoms with van der Waals surface area (Å²) in [4.78, 5) is 23.8. The van der Waals surface area contributed by atoms with Crippen molar-refractivity contribution in [2.24, 2.45) is 5.92 Å². The smallest absolute Gasteiger partial charge is 0.305 e. The van der Waals surface area contributed by atoms with Gasteiger partial charge in [-0.1, -0.05) is 162 Å². The van der Waals surface area contributed by atoms with E-state index in [1.54, 1.807) is 0 Å². The summed E-state index contributed by atoms with van der Waals surface area (Å²) in [6.07, 6.45) is 30.1. The molecule has 5 heteroatoms. The third kappa shape index (κ3) is 29.9. The van der Waals surface area contributed by atoms with Crippen molar-refractivity contribution in [3.63, 3.8) is 0 Å². The standard InChI is InChI=1S/C35H68O5/c1-4-6-7-8-9-10-11-12-13-14-15-16-17-18-22-25-28-34(37)39-30-33(36)31-40-35(38)29-26-23-20-19-21-24-27-32(3)5-2/h32-33,36H,4-31H2,1-3H3/t32?,33-/m1/s1. The van der Waals surface area contributed by atoms with E-state index in [2.05, 4.69) is 20.8 Å². The molecule has 238 valence electrons. The molecule has 0 saturated heterocycles. The van der Waals surface area contributed by atoms with Gasteiger partial charge in [0.15, 0.2) is 0 Å². The summed E-state index contributed by atoms with van der Waals surface area (Å²) in [6.45, 7) is 6.61. The molecule has 0 aliphatic carbocycles. The van der Waals surface area contributed by atoms with Gasteiger partial charge in [-0.25, -0.2) is 0 Å². The molecule has 1 N–H and O–H groups in total. The molecule has 0 heterocycles. The fourth-order valence-electron chi connectivity index (χ4n) is 5.06. The first-order chi connectivity index (χ1) is 19.5. The number of unbranched alkanes of at least 4 members (excludes halogenated alkanes) is 20. The first-order valence-corrected chi connectivity index (χ1v) is 17.5. The lowest BCUT2D eigenvalue weighted by Crippen LogP contribution is -2.25. The van der Waals surface area contributed by atoms with Crippen LogP contribution in [0, 0.1) is 5.92 Å². The summed E-state index contributed by atoms with van der Waals surface area (Å²) in [7, 11) is 0. The number of hydrogen-bond acceptors (Lipinski definition) is 5. The van der Waals surface area contributed by atoms with Crippen LogP contribution in [0.4, 0.5) is 0 Å². The molecule has 0 saturated carbocycles. The van der Waals surface area contributed by atoms with Crippen molar-refractivity contribution in [3.05, 3.63) is 0 Å². The van der Waals surface area contributed by atoms with Gasteiger partial charge >= 0.3 is 11.9 Å². The van der Waals surface area contributed by atoms with Crippen molar-refractivity contribution in [3.8, 4) is 0 Å². The highest BCUT2D eigenvalue weighted by molar-refractivity contribution is 5.69. The van der Waals surface area contributed by atoms with E-state index in [1.165, 1.54) is 122 Å². The van der Waals surface area contributed by atoms with Crippen molar-refractivity contribution in [1.29, 1.82) is 0 Å². The lowest BCUT2D eigenvalue weighted by atomic mass is 10.00. The maximum Gasteiger partial charge on any atom is 0.305 e. The number of rotatable bonds is 31. The molecule has 0 radical (unpaired) electrons. The number of carbonyl (C=O) groups excluding carboxylic acids is 2. The van der Waals surface area contributed by atoms with Gasteiger partial charge < -0.3 is 14.6 Å². The Labute approximate surface area is 248 Å². The Bertz CT molecular complexity index is 550. The van der Waals surface area contributed by atoms with Crippen molar-refractivity contribution in [1.82, 2.24) is 0 Å². The molecule has 0 aromatic rings. The van der Waals surface area contributed by atoms with Gasteiger partial charge in [-0.15, -0.1) is 0 Å². The van der Waals surface area contributed by atoms with Crippen LogP contribution < -0.4 is 0 Å². The Kier molecular flexibility index (Phi) is 30.0. The maximum absolute atomic E-state index is 11.9. The third-order valence-electron chi connectivity index (χ3n) is 8.13. The summed E-state index contributed by atoms with van der Waals surface area (Å²) in [5.41, 5.74) is 0. The molecule has 0 amide bonds. The van der Waals surface area contributed by atoms with E-state index in [4.69, 9.17) is 9.47 Å². The van der Waals surface area contributed by atoms with Crippen LogP contribution in [0.25, 0.3) is 0 Å². The van der Waals surface area contributed by atoms with Gasteiger partial charge in [0.05, 0.1) is 0 Å². The van der Waals surface area contributed by atoms with Gasteiger partial charge in [0, 0.05) is 12.8 Å². The largest absolute Gasteiger partial charge is 0.463 e. The molecular formula is C35H68O5. The summed E-state index contributed by atoms with van der Waals surface area (Å²) in [5.74, 6) is 0.271. The van der Waals surface area contributed by atoms with E-state index >= 15 is 0 Å². The lowest BCUT2D eigenvalue weighted by molar-refractivity contribution is -0.152. The molecule has 0 aliphatic heterocycles. The van der Waals surface area contributed by atoms with Crippen molar-refractivity contribution in [2.45, 2.75) is 194 Å². The van der Waals surface area contributed by atoms with Gasteiger partial charge in [0.2, 0.25) is 0 Å². The van der Waals surface area contributed by atoms with E-state index in [0.717, 1.165) is 38.0 Å². The molecule has 40 heavy (non-hydrogen) atoms. The third-order valence-corrected chi connectivity index (χ3v) is 8.13. The second-order valence-corrected chi connectivity index (χ2v) is 12.2. The predicted molar refractivity (Wildman–Crippen MR) is 168 cm³/mol. The average molecular weight is 569 g/mol. The maximum atomic E-state index is 11.9. The van der Waals surface area contributed by atoms with Crippen LogP contribution >= 0.6 is 0 Å². The second kappa shape index (κ2) is 30.8. The molecule has 0 aliphatic rings. The van der Waals surface area contributed by atoms with E-state index in [-0.39, 0.29) is 25.2 Å². The topological polar surface area (TPSA) is 72.8 Å². The van der Waals surface area contributed by atoms with Gasteiger partial charge in [-0.2, -0.15) is 0 Å². The zero-order valence-electron chi connectivity index (χ0n) is 27.0. The summed E-state index contributed by atoms with van der Waals surface area (Å²) in [5, 5.41) is 9.95. The van der Waals surface area contributed by atoms with E-state index < -0.39 is 6.10 Å². The molecule has 0 aromatic carbocycles. The van der Waals surface area contributed by atoms with Gasteiger partial charge in [-0.3, -0.25) is 9.59 Å². The molecule has 2 atom stereocenters. The van der Waals surface area contributed by atoms with Crippen LogP contribution in [0.5, 0.6) is 0 Å². The molecule has 1 unspecified atom stereocenters. The predicted octanol–water partition coefficient (Wildman–Crippen LogP) is 10.3. The fraction of sp³-hybridized carbons (Fsp3) is 0.943. The first-order valence-electron chi connectivity index (χ1n) is 17.5.